The van der Waals surface area contributed by atoms with E-state index in [9.17, 15) is 0 Å². The van der Waals surface area contributed by atoms with Gasteiger partial charge in [-0.25, -0.2) is 4.98 Å². The van der Waals surface area contributed by atoms with Gasteiger partial charge in [0, 0.05) is 33.0 Å². The van der Waals surface area contributed by atoms with Crippen LogP contribution in [-0.2, 0) is 11.3 Å². The summed E-state index contributed by atoms with van der Waals surface area (Å²) < 4.78 is 15.7. The molecule has 0 radical (unpaired) electrons. The molecule has 2 aromatic rings. The van der Waals surface area contributed by atoms with Gasteiger partial charge in [-0.3, -0.25) is 0 Å². The van der Waals surface area contributed by atoms with Crippen molar-refractivity contribution in [3.63, 3.8) is 0 Å². The SMILES string of the molecule is COCCCNc1ccnc(NCc2ccc3c(c2)OCO3)n1. The van der Waals surface area contributed by atoms with Crippen molar-refractivity contribution in [1.29, 1.82) is 0 Å². The molecule has 0 spiro atoms. The van der Waals surface area contributed by atoms with Crippen LogP contribution in [-0.4, -0.2) is 37.0 Å². The molecule has 7 heteroatoms. The Morgan fingerprint density at radius 1 is 1.17 bits per heavy atom. The molecule has 23 heavy (non-hydrogen) atoms. The summed E-state index contributed by atoms with van der Waals surface area (Å²) in [4.78, 5) is 8.66. The normalized spacial score (nSPS) is 12.2. The minimum atomic E-state index is 0.284. The summed E-state index contributed by atoms with van der Waals surface area (Å²) in [5.74, 6) is 2.94. The summed E-state index contributed by atoms with van der Waals surface area (Å²) in [6.07, 6.45) is 2.66. The van der Waals surface area contributed by atoms with Gasteiger partial charge in [-0.2, -0.15) is 4.98 Å². The Morgan fingerprint density at radius 3 is 3.00 bits per heavy atom. The minimum Gasteiger partial charge on any atom is -0.454 e. The Kier molecular flexibility index (Phi) is 5.10. The molecule has 2 N–H and O–H groups in total. The summed E-state index contributed by atoms with van der Waals surface area (Å²) in [6, 6.07) is 7.71. The van der Waals surface area contributed by atoms with Gasteiger partial charge in [0.2, 0.25) is 12.7 Å². The maximum Gasteiger partial charge on any atom is 0.231 e. The maximum atomic E-state index is 5.37. The smallest absolute Gasteiger partial charge is 0.231 e. The average Bonchev–Trinajstić information content (AvgIpc) is 3.05. The van der Waals surface area contributed by atoms with Crippen molar-refractivity contribution in [3.05, 3.63) is 36.0 Å². The molecule has 1 aromatic heterocycles. The molecule has 1 aliphatic heterocycles. The molecule has 1 aromatic carbocycles. The standard InChI is InChI=1S/C16H20N4O3/c1-21-8-2-6-17-15-5-7-18-16(20-15)19-10-12-3-4-13-14(9-12)23-11-22-13/h3-5,7,9H,2,6,8,10-11H2,1H3,(H2,17,18,19,20). The molecule has 0 bridgehead atoms. The molecule has 122 valence electrons. The van der Waals surface area contributed by atoms with Crippen LogP contribution >= 0.6 is 0 Å². The van der Waals surface area contributed by atoms with E-state index in [0.717, 1.165) is 42.5 Å². The molecular weight excluding hydrogens is 296 g/mol. The van der Waals surface area contributed by atoms with Crippen LogP contribution in [0.15, 0.2) is 30.5 Å². The third-order valence-electron chi connectivity index (χ3n) is 3.37. The second-order valence-electron chi connectivity index (χ2n) is 5.08. The molecule has 0 amide bonds. The number of nitrogens with one attached hydrogen (secondary N) is 2. The largest absolute Gasteiger partial charge is 0.454 e. The molecule has 1 aliphatic rings. The number of ether oxygens (including phenoxy) is 3. The molecule has 0 fully saturated rings. The summed E-state index contributed by atoms with van der Waals surface area (Å²) >= 11 is 0. The Bertz CT molecular complexity index is 651. The van der Waals surface area contributed by atoms with E-state index < -0.39 is 0 Å². The summed E-state index contributed by atoms with van der Waals surface area (Å²) in [5.41, 5.74) is 1.08. The first-order valence-corrected chi connectivity index (χ1v) is 7.53. The molecule has 3 rings (SSSR count). The van der Waals surface area contributed by atoms with Crippen LogP contribution < -0.4 is 20.1 Å². The molecule has 0 atom stereocenters. The number of aromatic nitrogens is 2. The minimum absolute atomic E-state index is 0.284. The van der Waals surface area contributed by atoms with E-state index in [1.807, 2.05) is 24.3 Å². The number of nitrogens with zero attached hydrogens (tertiary/aromatic N) is 2. The number of rotatable bonds is 8. The predicted octanol–water partition coefficient (Wildman–Crippen LogP) is 2.27. The predicted molar refractivity (Wildman–Crippen MR) is 86.9 cm³/mol. The fourth-order valence-electron chi connectivity index (χ4n) is 2.21. The topological polar surface area (TPSA) is 77.5 Å². The van der Waals surface area contributed by atoms with Gasteiger partial charge in [-0.15, -0.1) is 0 Å². The Hall–Kier alpha value is -2.54. The zero-order chi connectivity index (χ0) is 15.9. The van der Waals surface area contributed by atoms with Crippen LogP contribution in [0.3, 0.4) is 0 Å². The first-order chi connectivity index (χ1) is 11.3. The van der Waals surface area contributed by atoms with Crippen molar-refractivity contribution in [3.8, 4) is 11.5 Å². The highest BCUT2D eigenvalue weighted by molar-refractivity contribution is 5.45. The number of hydrogen-bond donors (Lipinski definition) is 2. The first-order valence-electron chi connectivity index (χ1n) is 7.53. The Morgan fingerprint density at radius 2 is 2.09 bits per heavy atom. The lowest BCUT2D eigenvalue weighted by molar-refractivity contribution is 0.174. The van der Waals surface area contributed by atoms with E-state index in [0.29, 0.717) is 12.5 Å². The lowest BCUT2D eigenvalue weighted by Crippen LogP contribution is -2.08. The van der Waals surface area contributed by atoms with E-state index in [1.165, 1.54) is 0 Å². The molecule has 0 saturated carbocycles. The second-order valence-corrected chi connectivity index (χ2v) is 5.08. The second kappa shape index (κ2) is 7.64. The molecule has 7 nitrogen and oxygen atoms in total. The van der Waals surface area contributed by atoms with Crippen LogP contribution in [0, 0.1) is 0 Å². The van der Waals surface area contributed by atoms with Crippen molar-refractivity contribution >= 4 is 11.8 Å². The summed E-state index contributed by atoms with van der Waals surface area (Å²) in [5, 5.41) is 6.46. The van der Waals surface area contributed by atoms with Crippen LogP contribution in [0.25, 0.3) is 0 Å². The van der Waals surface area contributed by atoms with Gasteiger partial charge < -0.3 is 24.8 Å². The number of methoxy groups -OCH3 is 1. The number of benzene rings is 1. The lowest BCUT2D eigenvalue weighted by Gasteiger charge is -2.08. The Balaban J connectivity index is 1.53. The molecule has 0 saturated heterocycles. The van der Waals surface area contributed by atoms with Crippen molar-refractivity contribution in [2.75, 3.05) is 37.7 Å². The van der Waals surface area contributed by atoms with Crippen LogP contribution in [0.2, 0.25) is 0 Å². The van der Waals surface area contributed by atoms with Crippen LogP contribution in [0.4, 0.5) is 11.8 Å². The van der Waals surface area contributed by atoms with Crippen LogP contribution in [0.1, 0.15) is 12.0 Å². The average molecular weight is 316 g/mol. The summed E-state index contributed by atoms with van der Waals surface area (Å²) in [6.45, 7) is 2.44. The molecule has 0 unspecified atom stereocenters. The highest BCUT2D eigenvalue weighted by atomic mass is 16.7. The molecular formula is C16H20N4O3. The number of anilines is 2. The van der Waals surface area contributed by atoms with Crippen molar-refractivity contribution in [2.45, 2.75) is 13.0 Å². The molecule has 2 heterocycles. The third kappa shape index (κ3) is 4.23. The van der Waals surface area contributed by atoms with Crippen molar-refractivity contribution < 1.29 is 14.2 Å². The van der Waals surface area contributed by atoms with E-state index in [4.69, 9.17) is 14.2 Å². The van der Waals surface area contributed by atoms with Gasteiger partial charge >= 0.3 is 0 Å². The quantitative estimate of drug-likeness (QED) is 0.723. The van der Waals surface area contributed by atoms with E-state index in [1.54, 1.807) is 13.3 Å². The van der Waals surface area contributed by atoms with Gasteiger partial charge in [0.15, 0.2) is 11.5 Å². The third-order valence-corrected chi connectivity index (χ3v) is 3.37. The fourth-order valence-corrected chi connectivity index (χ4v) is 2.21. The van der Waals surface area contributed by atoms with Gasteiger partial charge in [-0.1, -0.05) is 6.07 Å². The number of hydrogen-bond acceptors (Lipinski definition) is 7. The molecule has 0 aliphatic carbocycles. The van der Waals surface area contributed by atoms with E-state index in [-0.39, 0.29) is 6.79 Å². The fraction of sp³-hybridized carbons (Fsp3) is 0.375. The zero-order valence-corrected chi connectivity index (χ0v) is 13.0. The van der Waals surface area contributed by atoms with Gasteiger partial charge in [-0.05, 0) is 30.2 Å². The van der Waals surface area contributed by atoms with Crippen LogP contribution in [0.5, 0.6) is 11.5 Å². The number of fused-ring (bicyclic) bond motifs is 1. The van der Waals surface area contributed by atoms with Crippen molar-refractivity contribution in [2.24, 2.45) is 0 Å². The lowest BCUT2D eigenvalue weighted by atomic mass is 10.2. The van der Waals surface area contributed by atoms with Gasteiger partial charge in [0.05, 0.1) is 0 Å². The van der Waals surface area contributed by atoms with E-state index in [2.05, 4.69) is 20.6 Å². The monoisotopic (exact) mass is 316 g/mol. The highest BCUT2D eigenvalue weighted by Crippen LogP contribution is 2.32. The zero-order valence-electron chi connectivity index (χ0n) is 13.0. The Labute approximate surface area is 135 Å². The maximum absolute atomic E-state index is 5.37. The van der Waals surface area contributed by atoms with Crippen molar-refractivity contribution in [1.82, 2.24) is 9.97 Å². The van der Waals surface area contributed by atoms with Gasteiger partial charge in [0.1, 0.15) is 5.82 Å². The van der Waals surface area contributed by atoms with E-state index >= 15 is 0 Å². The first kappa shape index (κ1) is 15.4. The van der Waals surface area contributed by atoms with Gasteiger partial charge in [0.25, 0.3) is 0 Å². The highest BCUT2D eigenvalue weighted by Gasteiger charge is 2.13. The summed E-state index contributed by atoms with van der Waals surface area (Å²) in [7, 11) is 1.70.